The molecule has 0 saturated heterocycles. The molecule has 0 aliphatic rings. The fraction of sp³-hybridized carbons (Fsp3) is 0.417. The third-order valence-corrected chi connectivity index (χ3v) is 2.49. The third-order valence-electron chi connectivity index (χ3n) is 2.49. The second kappa shape index (κ2) is 5.39. The van der Waals surface area contributed by atoms with Gasteiger partial charge in [-0.05, 0) is 24.1 Å². The first kappa shape index (κ1) is 12.4. The first-order chi connectivity index (χ1) is 7.54. The Morgan fingerprint density at radius 2 is 2.12 bits per heavy atom. The number of nitrogens with two attached hydrogens (primary N) is 2. The number of hydrogen-bond donors (Lipinski definition) is 2. The smallest absolute Gasteiger partial charge is 0.340 e. The molecule has 0 aliphatic carbocycles. The maximum Gasteiger partial charge on any atom is 0.340 e. The third kappa shape index (κ3) is 3.15. The van der Waals surface area contributed by atoms with Gasteiger partial charge < -0.3 is 16.2 Å². The van der Waals surface area contributed by atoms with Gasteiger partial charge >= 0.3 is 5.97 Å². The van der Waals surface area contributed by atoms with Crippen molar-refractivity contribution in [1.29, 1.82) is 0 Å². The normalized spacial score (nSPS) is 12.1. The summed E-state index contributed by atoms with van der Waals surface area (Å²) >= 11 is 0. The molecule has 0 saturated carbocycles. The second-order valence-electron chi connectivity index (χ2n) is 3.96. The summed E-state index contributed by atoms with van der Waals surface area (Å²) < 4.78 is 5.14. The fourth-order valence-electron chi connectivity index (χ4n) is 1.18. The molecule has 4 N–H and O–H groups in total. The van der Waals surface area contributed by atoms with E-state index in [-0.39, 0.29) is 0 Å². The Hall–Kier alpha value is -1.71. The van der Waals surface area contributed by atoms with Crippen LogP contribution in [-0.2, 0) is 4.74 Å². The lowest BCUT2D eigenvalue weighted by atomic mass is 10.1. The zero-order valence-corrected chi connectivity index (χ0v) is 9.69. The molecule has 4 nitrogen and oxygen atoms in total. The zero-order valence-electron chi connectivity index (χ0n) is 9.69. The van der Waals surface area contributed by atoms with Crippen LogP contribution in [0.2, 0.25) is 0 Å². The van der Waals surface area contributed by atoms with Crippen molar-refractivity contribution < 1.29 is 9.53 Å². The Morgan fingerprint density at radius 1 is 1.44 bits per heavy atom. The van der Waals surface area contributed by atoms with Crippen molar-refractivity contribution in [3.8, 4) is 0 Å². The van der Waals surface area contributed by atoms with Crippen LogP contribution < -0.4 is 11.5 Å². The van der Waals surface area contributed by atoms with Gasteiger partial charge in [0.1, 0.15) is 0 Å². The molecule has 0 aromatic heterocycles. The molecule has 88 valence electrons. The van der Waals surface area contributed by atoms with Gasteiger partial charge in [-0.2, -0.15) is 0 Å². The lowest BCUT2D eigenvalue weighted by molar-refractivity contribution is 0.0448. The van der Waals surface area contributed by atoms with E-state index in [1.165, 1.54) is 0 Å². The van der Waals surface area contributed by atoms with Crippen LogP contribution in [0.4, 0.5) is 11.4 Å². The molecule has 1 atom stereocenters. The monoisotopic (exact) mass is 222 g/mol. The van der Waals surface area contributed by atoms with Gasteiger partial charge in [-0.3, -0.25) is 0 Å². The number of carbonyl (C=O) groups is 1. The van der Waals surface area contributed by atoms with Crippen LogP contribution >= 0.6 is 0 Å². The topological polar surface area (TPSA) is 78.3 Å². The van der Waals surface area contributed by atoms with Gasteiger partial charge in [-0.1, -0.05) is 20.3 Å². The van der Waals surface area contributed by atoms with Crippen molar-refractivity contribution in [2.75, 3.05) is 18.1 Å². The first-order valence-electron chi connectivity index (χ1n) is 5.36. The van der Waals surface area contributed by atoms with Gasteiger partial charge in [0.05, 0.1) is 12.2 Å². The molecule has 16 heavy (non-hydrogen) atoms. The molecule has 0 heterocycles. The molecule has 0 radical (unpaired) electrons. The van der Waals surface area contributed by atoms with Crippen molar-refractivity contribution >= 4 is 17.3 Å². The standard InChI is InChI=1S/C12H18N2O2/c1-3-8(2)7-16-12(15)10-5-4-9(13)6-11(10)14/h4-6,8H,3,7,13-14H2,1-2H3. The van der Waals surface area contributed by atoms with Crippen molar-refractivity contribution in [2.24, 2.45) is 5.92 Å². The zero-order chi connectivity index (χ0) is 12.1. The summed E-state index contributed by atoms with van der Waals surface area (Å²) in [6.45, 7) is 4.49. The maximum atomic E-state index is 11.7. The number of hydrogen-bond acceptors (Lipinski definition) is 4. The quantitative estimate of drug-likeness (QED) is 0.603. The summed E-state index contributed by atoms with van der Waals surface area (Å²) in [4.78, 5) is 11.7. The summed E-state index contributed by atoms with van der Waals surface area (Å²) in [7, 11) is 0. The Kier molecular flexibility index (Phi) is 4.17. The Labute approximate surface area is 95.6 Å². The van der Waals surface area contributed by atoms with Crippen molar-refractivity contribution in [1.82, 2.24) is 0 Å². The van der Waals surface area contributed by atoms with Crippen LogP contribution in [0.1, 0.15) is 30.6 Å². The predicted molar refractivity (Wildman–Crippen MR) is 65.0 cm³/mol. The average Bonchev–Trinajstić information content (AvgIpc) is 2.25. The number of esters is 1. The number of carbonyl (C=O) groups excluding carboxylic acids is 1. The van der Waals surface area contributed by atoms with Gasteiger partial charge in [0, 0.05) is 11.4 Å². The molecule has 0 aliphatic heterocycles. The molecular weight excluding hydrogens is 204 g/mol. The van der Waals surface area contributed by atoms with Gasteiger partial charge in [0.25, 0.3) is 0 Å². The Morgan fingerprint density at radius 3 is 2.69 bits per heavy atom. The molecule has 0 spiro atoms. The van der Waals surface area contributed by atoms with Gasteiger partial charge in [0.2, 0.25) is 0 Å². The van der Waals surface area contributed by atoms with Crippen molar-refractivity contribution in [2.45, 2.75) is 20.3 Å². The fourth-order valence-corrected chi connectivity index (χ4v) is 1.18. The van der Waals surface area contributed by atoms with E-state index in [1.54, 1.807) is 18.2 Å². The van der Waals surface area contributed by atoms with E-state index in [1.807, 2.05) is 6.92 Å². The first-order valence-corrected chi connectivity index (χ1v) is 5.36. The highest BCUT2D eigenvalue weighted by molar-refractivity contribution is 5.95. The van der Waals surface area contributed by atoms with Crippen LogP contribution in [0, 0.1) is 5.92 Å². The number of anilines is 2. The van der Waals surface area contributed by atoms with Crippen molar-refractivity contribution in [3.63, 3.8) is 0 Å². The Balaban J connectivity index is 2.66. The van der Waals surface area contributed by atoms with E-state index in [0.717, 1.165) is 6.42 Å². The van der Waals surface area contributed by atoms with E-state index in [4.69, 9.17) is 16.2 Å². The Bertz CT molecular complexity index is 377. The summed E-state index contributed by atoms with van der Waals surface area (Å²) in [5, 5.41) is 0. The van der Waals surface area contributed by atoms with Crippen LogP contribution in [0.3, 0.4) is 0 Å². The van der Waals surface area contributed by atoms with Gasteiger partial charge in [-0.25, -0.2) is 4.79 Å². The number of nitrogen functional groups attached to an aromatic ring is 2. The summed E-state index contributed by atoms with van der Waals surface area (Å²) in [5.74, 6) is -0.0308. The molecule has 1 aromatic rings. The van der Waals surface area contributed by atoms with Crippen LogP contribution in [0.5, 0.6) is 0 Å². The van der Waals surface area contributed by atoms with Crippen molar-refractivity contribution in [3.05, 3.63) is 23.8 Å². The van der Waals surface area contributed by atoms with Crippen LogP contribution in [0.25, 0.3) is 0 Å². The molecule has 4 heteroatoms. The van der Waals surface area contributed by atoms with E-state index in [2.05, 4.69) is 6.92 Å². The van der Waals surface area contributed by atoms with E-state index < -0.39 is 5.97 Å². The molecule has 1 unspecified atom stereocenters. The highest BCUT2D eigenvalue weighted by Crippen LogP contribution is 2.17. The second-order valence-corrected chi connectivity index (χ2v) is 3.96. The minimum atomic E-state index is -0.391. The maximum absolute atomic E-state index is 11.7. The van der Waals surface area contributed by atoms with Gasteiger partial charge in [-0.15, -0.1) is 0 Å². The summed E-state index contributed by atoms with van der Waals surface area (Å²) in [6, 6.07) is 4.78. The number of benzene rings is 1. The lowest BCUT2D eigenvalue weighted by Crippen LogP contribution is -2.13. The molecule has 1 rings (SSSR count). The highest BCUT2D eigenvalue weighted by atomic mass is 16.5. The van der Waals surface area contributed by atoms with Gasteiger partial charge in [0.15, 0.2) is 0 Å². The molecule has 1 aromatic carbocycles. The molecular formula is C12H18N2O2. The van der Waals surface area contributed by atoms with E-state index in [0.29, 0.717) is 29.5 Å². The number of rotatable bonds is 4. The largest absolute Gasteiger partial charge is 0.462 e. The molecule has 0 fully saturated rings. The minimum Gasteiger partial charge on any atom is -0.462 e. The molecule has 0 amide bonds. The SMILES string of the molecule is CCC(C)COC(=O)c1ccc(N)cc1N. The lowest BCUT2D eigenvalue weighted by Gasteiger charge is -2.10. The van der Waals surface area contributed by atoms with Crippen LogP contribution in [-0.4, -0.2) is 12.6 Å². The minimum absolute atomic E-state index is 0.356. The number of ether oxygens (including phenoxy) is 1. The predicted octanol–water partition coefficient (Wildman–Crippen LogP) is 2.05. The average molecular weight is 222 g/mol. The van der Waals surface area contributed by atoms with E-state index >= 15 is 0 Å². The van der Waals surface area contributed by atoms with Crippen LogP contribution in [0.15, 0.2) is 18.2 Å². The summed E-state index contributed by atoms with van der Waals surface area (Å²) in [5.41, 5.74) is 12.5. The molecule has 0 bridgehead atoms. The van der Waals surface area contributed by atoms with E-state index in [9.17, 15) is 4.79 Å². The summed E-state index contributed by atoms with van der Waals surface area (Å²) in [6.07, 6.45) is 0.977. The highest BCUT2D eigenvalue weighted by Gasteiger charge is 2.12.